The summed E-state index contributed by atoms with van der Waals surface area (Å²) in [7, 11) is 0. The van der Waals surface area contributed by atoms with Gasteiger partial charge < -0.3 is 4.57 Å². The molecule has 0 unspecified atom stereocenters. The topological polar surface area (TPSA) is 59.8 Å². The highest BCUT2D eigenvalue weighted by Crippen LogP contribution is 2.28. The third-order valence-electron chi connectivity index (χ3n) is 3.84. The number of carbonyl (C=O) groups excluding carboxylic acids is 1. The van der Waals surface area contributed by atoms with Crippen LogP contribution in [0.5, 0.6) is 0 Å². The van der Waals surface area contributed by atoms with Gasteiger partial charge in [0.1, 0.15) is 0 Å². The summed E-state index contributed by atoms with van der Waals surface area (Å²) in [4.78, 5) is 12.5. The lowest BCUT2D eigenvalue weighted by molar-refractivity contribution is 0.102. The molecule has 0 bridgehead atoms. The SMILES string of the molecule is O=C(Nc1nnc(SCc2ccccc2)s1)c1cccc(-n2cccc2)c1. The van der Waals surface area contributed by atoms with Gasteiger partial charge in [0.2, 0.25) is 5.13 Å². The van der Waals surface area contributed by atoms with Crippen LogP contribution in [0.1, 0.15) is 15.9 Å². The molecule has 0 atom stereocenters. The number of rotatable bonds is 6. The van der Waals surface area contributed by atoms with Crippen LogP contribution in [0, 0.1) is 0 Å². The zero-order valence-electron chi connectivity index (χ0n) is 14.3. The average molecular weight is 393 g/mol. The van der Waals surface area contributed by atoms with Crippen molar-refractivity contribution in [1.29, 1.82) is 0 Å². The standard InChI is InChI=1S/C20H16N4OS2/c25-18(16-9-6-10-17(13-16)24-11-4-5-12-24)21-19-22-23-20(27-19)26-14-15-7-2-1-3-8-15/h1-13H,14H2,(H,21,22,25). The van der Waals surface area contributed by atoms with Crippen molar-refractivity contribution >= 4 is 34.1 Å². The smallest absolute Gasteiger partial charge is 0.257 e. The number of thioether (sulfide) groups is 1. The van der Waals surface area contributed by atoms with E-state index in [9.17, 15) is 4.79 Å². The molecule has 1 amide bonds. The number of aromatic nitrogens is 3. The number of nitrogens with zero attached hydrogens (tertiary/aromatic N) is 3. The summed E-state index contributed by atoms with van der Waals surface area (Å²) in [6.45, 7) is 0. The van der Waals surface area contributed by atoms with Crippen LogP contribution in [-0.4, -0.2) is 20.7 Å². The van der Waals surface area contributed by atoms with E-state index in [-0.39, 0.29) is 5.91 Å². The summed E-state index contributed by atoms with van der Waals surface area (Å²) in [6, 6.07) is 21.5. The van der Waals surface area contributed by atoms with E-state index >= 15 is 0 Å². The fourth-order valence-electron chi connectivity index (χ4n) is 2.52. The first-order chi connectivity index (χ1) is 13.3. The quantitative estimate of drug-likeness (QED) is 0.375. The second-order valence-electron chi connectivity index (χ2n) is 5.74. The summed E-state index contributed by atoms with van der Waals surface area (Å²) in [5.41, 5.74) is 2.74. The van der Waals surface area contributed by atoms with E-state index in [1.807, 2.05) is 65.5 Å². The number of hydrogen-bond acceptors (Lipinski definition) is 5. The number of anilines is 1. The highest BCUT2D eigenvalue weighted by atomic mass is 32.2. The Labute approximate surface area is 165 Å². The second kappa shape index (κ2) is 8.20. The maximum absolute atomic E-state index is 12.5. The molecule has 0 saturated heterocycles. The first kappa shape index (κ1) is 17.5. The van der Waals surface area contributed by atoms with E-state index in [4.69, 9.17) is 0 Å². The van der Waals surface area contributed by atoms with Crippen molar-refractivity contribution in [2.75, 3.05) is 5.32 Å². The zero-order chi connectivity index (χ0) is 18.5. The van der Waals surface area contributed by atoms with Gasteiger partial charge >= 0.3 is 0 Å². The van der Waals surface area contributed by atoms with Gasteiger partial charge in [-0.3, -0.25) is 10.1 Å². The van der Waals surface area contributed by atoms with Gasteiger partial charge in [-0.15, -0.1) is 10.2 Å². The van der Waals surface area contributed by atoms with E-state index < -0.39 is 0 Å². The van der Waals surface area contributed by atoms with E-state index in [0.717, 1.165) is 15.8 Å². The van der Waals surface area contributed by atoms with Crippen molar-refractivity contribution in [2.45, 2.75) is 10.1 Å². The van der Waals surface area contributed by atoms with Crippen LogP contribution in [0.2, 0.25) is 0 Å². The molecular formula is C20H16N4OS2. The number of nitrogens with one attached hydrogen (secondary N) is 1. The molecule has 4 rings (SSSR count). The van der Waals surface area contributed by atoms with Gasteiger partial charge in [0.25, 0.3) is 5.91 Å². The van der Waals surface area contributed by atoms with Gasteiger partial charge in [-0.05, 0) is 35.9 Å². The first-order valence-corrected chi connectivity index (χ1v) is 10.1. The largest absolute Gasteiger partial charge is 0.324 e. The molecule has 0 saturated carbocycles. The third-order valence-corrected chi connectivity index (χ3v) is 5.89. The summed E-state index contributed by atoms with van der Waals surface area (Å²) in [5, 5.41) is 11.6. The molecule has 0 fully saturated rings. The Morgan fingerprint density at radius 2 is 1.81 bits per heavy atom. The van der Waals surface area contributed by atoms with Crippen molar-refractivity contribution in [1.82, 2.24) is 14.8 Å². The normalized spacial score (nSPS) is 10.7. The fourth-order valence-corrected chi connectivity index (χ4v) is 4.22. The van der Waals surface area contributed by atoms with Crippen LogP contribution in [0.15, 0.2) is 83.5 Å². The lowest BCUT2D eigenvalue weighted by atomic mass is 10.2. The molecule has 134 valence electrons. The highest BCUT2D eigenvalue weighted by Gasteiger charge is 2.11. The highest BCUT2D eigenvalue weighted by molar-refractivity contribution is 8.00. The molecule has 4 aromatic rings. The Balaban J connectivity index is 1.40. The average Bonchev–Trinajstić information content (AvgIpc) is 3.40. The first-order valence-electron chi connectivity index (χ1n) is 8.33. The Bertz CT molecular complexity index is 1030. The molecule has 0 radical (unpaired) electrons. The molecule has 1 N–H and O–H groups in total. The van der Waals surface area contributed by atoms with Gasteiger partial charge in [-0.1, -0.05) is 59.5 Å². The van der Waals surface area contributed by atoms with Gasteiger partial charge in [-0.25, -0.2) is 0 Å². The van der Waals surface area contributed by atoms with Crippen LogP contribution in [-0.2, 0) is 5.75 Å². The van der Waals surface area contributed by atoms with Crippen LogP contribution in [0.4, 0.5) is 5.13 Å². The molecule has 0 aliphatic rings. The monoisotopic (exact) mass is 392 g/mol. The Morgan fingerprint density at radius 3 is 2.63 bits per heavy atom. The van der Waals surface area contributed by atoms with Gasteiger partial charge in [0.05, 0.1) is 0 Å². The van der Waals surface area contributed by atoms with Crippen molar-refractivity contribution in [3.63, 3.8) is 0 Å². The molecule has 7 heteroatoms. The van der Waals surface area contributed by atoms with E-state index in [1.54, 1.807) is 17.8 Å². The fraction of sp³-hybridized carbons (Fsp3) is 0.0500. The maximum Gasteiger partial charge on any atom is 0.257 e. The summed E-state index contributed by atoms with van der Waals surface area (Å²) in [6.07, 6.45) is 3.88. The van der Waals surface area contributed by atoms with Crippen molar-refractivity contribution in [3.8, 4) is 5.69 Å². The van der Waals surface area contributed by atoms with Crippen LogP contribution >= 0.6 is 23.1 Å². The lowest BCUT2D eigenvalue weighted by Gasteiger charge is -2.06. The van der Waals surface area contributed by atoms with Crippen molar-refractivity contribution in [3.05, 3.63) is 90.3 Å². The molecule has 5 nitrogen and oxygen atoms in total. The Morgan fingerprint density at radius 1 is 1.00 bits per heavy atom. The summed E-state index contributed by atoms with van der Waals surface area (Å²) >= 11 is 2.99. The number of carbonyl (C=O) groups is 1. The lowest BCUT2D eigenvalue weighted by Crippen LogP contribution is -2.12. The zero-order valence-corrected chi connectivity index (χ0v) is 15.9. The van der Waals surface area contributed by atoms with Gasteiger partial charge in [0.15, 0.2) is 4.34 Å². The third kappa shape index (κ3) is 4.45. The minimum Gasteiger partial charge on any atom is -0.324 e. The van der Waals surface area contributed by atoms with E-state index in [0.29, 0.717) is 10.7 Å². The Kier molecular flexibility index (Phi) is 5.32. The second-order valence-corrected chi connectivity index (χ2v) is 7.94. The molecule has 0 aliphatic heterocycles. The molecule has 2 aromatic heterocycles. The van der Waals surface area contributed by atoms with E-state index in [2.05, 4.69) is 27.6 Å². The van der Waals surface area contributed by atoms with E-state index in [1.165, 1.54) is 16.9 Å². The van der Waals surface area contributed by atoms with Gasteiger partial charge in [0, 0.05) is 29.4 Å². The van der Waals surface area contributed by atoms with Crippen molar-refractivity contribution < 1.29 is 4.79 Å². The molecule has 0 aliphatic carbocycles. The molecule has 2 heterocycles. The predicted octanol–water partition coefficient (Wildman–Crippen LogP) is 4.87. The molecule has 0 spiro atoms. The molecule has 27 heavy (non-hydrogen) atoms. The van der Waals surface area contributed by atoms with Gasteiger partial charge in [-0.2, -0.15) is 0 Å². The summed E-state index contributed by atoms with van der Waals surface area (Å²) in [5.74, 6) is 0.627. The van der Waals surface area contributed by atoms with Crippen LogP contribution in [0.25, 0.3) is 5.69 Å². The maximum atomic E-state index is 12.5. The minimum absolute atomic E-state index is 0.195. The van der Waals surface area contributed by atoms with Crippen LogP contribution in [0.3, 0.4) is 0 Å². The molecular weight excluding hydrogens is 376 g/mol. The summed E-state index contributed by atoms with van der Waals surface area (Å²) < 4.78 is 2.79. The minimum atomic E-state index is -0.195. The number of hydrogen-bond donors (Lipinski definition) is 1. The number of amides is 1. The van der Waals surface area contributed by atoms with Crippen LogP contribution < -0.4 is 5.32 Å². The number of benzene rings is 2. The van der Waals surface area contributed by atoms with Crippen molar-refractivity contribution in [2.24, 2.45) is 0 Å². The Hall–Kier alpha value is -2.90. The molecule has 2 aromatic carbocycles. The predicted molar refractivity (Wildman–Crippen MR) is 110 cm³/mol.